The standard InChI is InChI=1S/C11H17N5/c1-4-9(12)8(3)10-5-7(2)15-11-13-6-14-16(10)11/h5-6,8-9H,4,12H2,1-3H3. The van der Waals surface area contributed by atoms with Crippen LogP contribution in [0.15, 0.2) is 12.4 Å². The lowest BCUT2D eigenvalue weighted by Crippen LogP contribution is -2.27. The van der Waals surface area contributed by atoms with Crippen molar-refractivity contribution in [3.8, 4) is 0 Å². The number of rotatable bonds is 3. The molecule has 0 amide bonds. The Bertz CT molecular complexity index is 490. The van der Waals surface area contributed by atoms with E-state index in [9.17, 15) is 0 Å². The van der Waals surface area contributed by atoms with Crippen molar-refractivity contribution in [2.24, 2.45) is 5.73 Å². The number of nitrogens with two attached hydrogens (primary N) is 1. The third kappa shape index (κ3) is 1.78. The third-order valence-electron chi connectivity index (χ3n) is 2.99. The van der Waals surface area contributed by atoms with E-state index in [1.54, 1.807) is 4.52 Å². The fourth-order valence-electron chi connectivity index (χ4n) is 1.86. The van der Waals surface area contributed by atoms with E-state index >= 15 is 0 Å². The number of fused-ring (bicyclic) bond motifs is 1. The highest BCUT2D eigenvalue weighted by molar-refractivity contribution is 5.31. The number of hydrogen-bond acceptors (Lipinski definition) is 4. The lowest BCUT2D eigenvalue weighted by molar-refractivity contribution is 0.528. The van der Waals surface area contributed by atoms with Crippen LogP contribution in [0, 0.1) is 6.92 Å². The van der Waals surface area contributed by atoms with Crippen LogP contribution in [0.4, 0.5) is 0 Å². The molecule has 2 aromatic rings. The van der Waals surface area contributed by atoms with Gasteiger partial charge < -0.3 is 5.73 Å². The summed E-state index contributed by atoms with van der Waals surface area (Å²) in [5, 5.41) is 4.19. The molecule has 0 fully saturated rings. The van der Waals surface area contributed by atoms with E-state index in [-0.39, 0.29) is 12.0 Å². The molecular formula is C11H17N5. The van der Waals surface area contributed by atoms with E-state index in [0.717, 1.165) is 17.8 Å². The normalized spacial score (nSPS) is 15.2. The monoisotopic (exact) mass is 219 g/mol. The van der Waals surface area contributed by atoms with Crippen molar-refractivity contribution in [3.63, 3.8) is 0 Å². The van der Waals surface area contributed by atoms with E-state index in [1.807, 2.05) is 13.0 Å². The van der Waals surface area contributed by atoms with Crippen molar-refractivity contribution >= 4 is 5.78 Å². The van der Waals surface area contributed by atoms with Gasteiger partial charge in [0.2, 0.25) is 0 Å². The number of aryl methyl sites for hydroxylation is 1. The van der Waals surface area contributed by atoms with Gasteiger partial charge in [-0.05, 0) is 19.4 Å². The molecule has 2 heterocycles. The SMILES string of the molecule is CCC(N)C(C)c1cc(C)nc2ncnn12. The molecule has 2 rings (SSSR count). The second-order valence-electron chi connectivity index (χ2n) is 4.16. The molecule has 0 aliphatic heterocycles. The summed E-state index contributed by atoms with van der Waals surface area (Å²) in [5.74, 6) is 0.890. The zero-order valence-corrected chi connectivity index (χ0v) is 9.88. The molecular weight excluding hydrogens is 202 g/mol. The number of nitrogens with zero attached hydrogens (tertiary/aromatic N) is 4. The minimum Gasteiger partial charge on any atom is -0.327 e. The van der Waals surface area contributed by atoms with Gasteiger partial charge in [0.15, 0.2) is 0 Å². The molecule has 0 saturated heterocycles. The van der Waals surface area contributed by atoms with Crippen molar-refractivity contribution in [1.29, 1.82) is 0 Å². The average Bonchev–Trinajstić information content (AvgIpc) is 2.73. The van der Waals surface area contributed by atoms with Crippen LogP contribution >= 0.6 is 0 Å². The Labute approximate surface area is 94.7 Å². The Morgan fingerprint density at radius 3 is 2.94 bits per heavy atom. The molecule has 16 heavy (non-hydrogen) atoms. The molecule has 0 aliphatic carbocycles. The molecule has 2 aromatic heterocycles. The molecule has 2 N–H and O–H groups in total. The van der Waals surface area contributed by atoms with Gasteiger partial charge in [0.25, 0.3) is 5.78 Å². The summed E-state index contributed by atoms with van der Waals surface area (Å²) in [4.78, 5) is 8.42. The first-order valence-corrected chi connectivity index (χ1v) is 5.56. The molecule has 0 aromatic carbocycles. The van der Waals surface area contributed by atoms with Crippen molar-refractivity contribution in [2.75, 3.05) is 0 Å². The van der Waals surface area contributed by atoms with Gasteiger partial charge >= 0.3 is 0 Å². The van der Waals surface area contributed by atoms with Gasteiger partial charge in [-0.25, -0.2) is 9.50 Å². The largest absolute Gasteiger partial charge is 0.327 e. The van der Waals surface area contributed by atoms with Crippen molar-refractivity contribution in [3.05, 3.63) is 23.8 Å². The summed E-state index contributed by atoms with van der Waals surface area (Å²) < 4.78 is 1.77. The maximum absolute atomic E-state index is 6.08. The van der Waals surface area contributed by atoms with E-state index in [0.29, 0.717) is 5.78 Å². The summed E-state index contributed by atoms with van der Waals surface area (Å²) in [6, 6.07) is 2.16. The second-order valence-corrected chi connectivity index (χ2v) is 4.16. The van der Waals surface area contributed by atoms with Gasteiger partial charge in [-0.3, -0.25) is 0 Å². The van der Waals surface area contributed by atoms with Gasteiger partial charge in [-0.1, -0.05) is 13.8 Å². The van der Waals surface area contributed by atoms with Crippen LogP contribution in [0.1, 0.15) is 37.6 Å². The van der Waals surface area contributed by atoms with Crippen LogP contribution in [-0.2, 0) is 0 Å². The Kier molecular flexibility index (Phi) is 2.87. The van der Waals surface area contributed by atoms with Crippen LogP contribution in [-0.4, -0.2) is 25.6 Å². The van der Waals surface area contributed by atoms with E-state index in [2.05, 4.69) is 28.9 Å². The van der Waals surface area contributed by atoms with Crippen LogP contribution in [0.25, 0.3) is 5.78 Å². The maximum Gasteiger partial charge on any atom is 0.252 e. The molecule has 2 unspecified atom stereocenters. The van der Waals surface area contributed by atoms with E-state index in [4.69, 9.17) is 5.73 Å². The molecule has 5 heteroatoms. The molecule has 86 valence electrons. The Balaban J connectivity index is 2.53. The molecule has 0 spiro atoms. The topological polar surface area (TPSA) is 69.1 Å². The maximum atomic E-state index is 6.08. The quantitative estimate of drug-likeness (QED) is 0.844. The predicted octanol–water partition coefficient (Wildman–Crippen LogP) is 1.27. The highest BCUT2D eigenvalue weighted by Gasteiger charge is 2.17. The van der Waals surface area contributed by atoms with Crippen LogP contribution in [0.3, 0.4) is 0 Å². The van der Waals surface area contributed by atoms with E-state index < -0.39 is 0 Å². The lowest BCUT2D eigenvalue weighted by Gasteiger charge is -2.19. The minimum atomic E-state index is 0.134. The van der Waals surface area contributed by atoms with Gasteiger partial charge in [0, 0.05) is 17.7 Å². The molecule has 0 saturated carbocycles. The summed E-state index contributed by atoms with van der Waals surface area (Å²) >= 11 is 0. The predicted molar refractivity (Wildman–Crippen MR) is 62.2 cm³/mol. The highest BCUT2D eigenvalue weighted by Crippen LogP contribution is 2.20. The van der Waals surface area contributed by atoms with Gasteiger partial charge in [-0.15, -0.1) is 0 Å². The molecule has 0 aliphatic rings. The first-order valence-electron chi connectivity index (χ1n) is 5.56. The van der Waals surface area contributed by atoms with Gasteiger partial charge in [-0.2, -0.15) is 10.1 Å². The van der Waals surface area contributed by atoms with Crippen LogP contribution in [0.5, 0.6) is 0 Å². The van der Waals surface area contributed by atoms with Gasteiger partial charge in [0.1, 0.15) is 6.33 Å². The Morgan fingerprint density at radius 2 is 2.25 bits per heavy atom. The fraction of sp³-hybridized carbons (Fsp3) is 0.545. The van der Waals surface area contributed by atoms with Crippen molar-refractivity contribution in [1.82, 2.24) is 19.6 Å². The third-order valence-corrected chi connectivity index (χ3v) is 2.99. The lowest BCUT2D eigenvalue weighted by atomic mass is 9.96. The number of aromatic nitrogens is 4. The smallest absolute Gasteiger partial charge is 0.252 e. The van der Waals surface area contributed by atoms with Crippen LogP contribution < -0.4 is 5.73 Å². The van der Waals surface area contributed by atoms with Crippen molar-refractivity contribution < 1.29 is 0 Å². The highest BCUT2D eigenvalue weighted by atomic mass is 15.3. The summed E-state index contributed by atoms with van der Waals surface area (Å²) in [6.45, 7) is 6.17. The molecule has 0 radical (unpaired) electrons. The van der Waals surface area contributed by atoms with Gasteiger partial charge in [0.05, 0.1) is 5.69 Å². The summed E-state index contributed by atoms with van der Waals surface area (Å²) in [7, 11) is 0. The average molecular weight is 219 g/mol. The second kappa shape index (κ2) is 4.17. The number of hydrogen-bond donors (Lipinski definition) is 1. The zero-order chi connectivity index (χ0) is 11.7. The fourth-order valence-corrected chi connectivity index (χ4v) is 1.86. The summed E-state index contributed by atoms with van der Waals surface area (Å²) in [5.41, 5.74) is 8.10. The summed E-state index contributed by atoms with van der Waals surface area (Å²) in [6.07, 6.45) is 2.47. The Morgan fingerprint density at radius 1 is 1.50 bits per heavy atom. The molecule has 0 bridgehead atoms. The first-order chi connectivity index (χ1) is 7.63. The van der Waals surface area contributed by atoms with Crippen LogP contribution in [0.2, 0.25) is 0 Å². The Hall–Kier alpha value is -1.49. The molecule has 5 nitrogen and oxygen atoms in total. The molecule has 2 atom stereocenters. The zero-order valence-electron chi connectivity index (χ0n) is 9.88. The van der Waals surface area contributed by atoms with Crippen molar-refractivity contribution in [2.45, 2.75) is 39.2 Å². The minimum absolute atomic E-state index is 0.134. The van der Waals surface area contributed by atoms with E-state index in [1.165, 1.54) is 6.33 Å². The first kappa shape index (κ1) is 11.0.